The van der Waals surface area contributed by atoms with Crippen molar-refractivity contribution in [2.24, 2.45) is 5.92 Å². The molecule has 0 aliphatic carbocycles. The van der Waals surface area contributed by atoms with Crippen molar-refractivity contribution in [3.05, 3.63) is 29.8 Å². The van der Waals surface area contributed by atoms with Crippen molar-refractivity contribution in [2.45, 2.75) is 32.9 Å². The molecule has 2 unspecified atom stereocenters. The Kier molecular flexibility index (Phi) is 5.01. The molecule has 2 atom stereocenters. The zero-order valence-electron chi connectivity index (χ0n) is 12.6. The number of nitrogens with zero attached hydrogens (tertiary/aromatic N) is 1. The van der Waals surface area contributed by atoms with Crippen molar-refractivity contribution in [2.75, 3.05) is 25.6 Å². The molecule has 4 heteroatoms. The summed E-state index contributed by atoms with van der Waals surface area (Å²) in [5, 5.41) is 3.58. The highest BCUT2D eigenvalue weighted by Crippen LogP contribution is 2.23. The van der Waals surface area contributed by atoms with E-state index in [9.17, 15) is 4.79 Å². The van der Waals surface area contributed by atoms with Gasteiger partial charge in [-0.3, -0.25) is 4.79 Å². The van der Waals surface area contributed by atoms with Gasteiger partial charge in [0.05, 0.1) is 6.61 Å². The summed E-state index contributed by atoms with van der Waals surface area (Å²) in [5.41, 5.74) is 2.26. The van der Waals surface area contributed by atoms with Crippen molar-refractivity contribution in [3.63, 3.8) is 0 Å². The third kappa shape index (κ3) is 3.73. The van der Waals surface area contributed by atoms with Gasteiger partial charge in [0.15, 0.2) is 0 Å². The molecule has 4 nitrogen and oxygen atoms in total. The van der Waals surface area contributed by atoms with E-state index >= 15 is 0 Å². The minimum atomic E-state index is 0.0806. The number of carbonyl (C=O) groups is 1. The Hall–Kier alpha value is -1.55. The molecule has 1 aliphatic rings. The molecule has 1 saturated heterocycles. The number of rotatable bonds is 5. The van der Waals surface area contributed by atoms with E-state index in [1.807, 2.05) is 19.2 Å². The molecular weight excluding hydrogens is 252 g/mol. The van der Waals surface area contributed by atoms with Gasteiger partial charge in [-0.25, -0.2) is 0 Å². The molecule has 0 radical (unpaired) electrons. The quantitative estimate of drug-likeness (QED) is 0.898. The number of carbonyl (C=O) groups excluding carboxylic acids is 1. The van der Waals surface area contributed by atoms with E-state index in [0.717, 1.165) is 30.9 Å². The van der Waals surface area contributed by atoms with Crippen LogP contribution in [0.15, 0.2) is 24.3 Å². The Morgan fingerprint density at radius 2 is 2.25 bits per heavy atom. The Balaban J connectivity index is 2.05. The average Bonchev–Trinajstić information content (AvgIpc) is 2.94. The summed E-state index contributed by atoms with van der Waals surface area (Å²) in [6, 6.07) is 8.56. The van der Waals surface area contributed by atoms with E-state index in [2.05, 4.69) is 24.4 Å². The SMILES string of the molecule is CC(=O)N(C)Cc1ccccc1NC(C)C1CCOC1. The second-order valence-electron chi connectivity index (χ2n) is 5.59. The maximum atomic E-state index is 11.4. The minimum absolute atomic E-state index is 0.0806. The summed E-state index contributed by atoms with van der Waals surface area (Å²) < 4.78 is 5.45. The van der Waals surface area contributed by atoms with Crippen LogP contribution in [0.4, 0.5) is 5.69 Å². The monoisotopic (exact) mass is 276 g/mol. The molecule has 0 spiro atoms. The highest BCUT2D eigenvalue weighted by atomic mass is 16.5. The molecule has 0 bridgehead atoms. The van der Waals surface area contributed by atoms with Crippen LogP contribution in [0.2, 0.25) is 0 Å². The van der Waals surface area contributed by atoms with Gasteiger partial charge in [-0.2, -0.15) is 0 Å². The van der Waals surface area contributed by atoms with E-state index in [1.54, 1.807) is 11.8 Å². The zero-order chi connectivity index (χ0) is 14.5. The fraction of sp³-hybridized carbons (Fsp3) is 0.562. The summed E-state index contributed by atoms with van der Waals surface area (Å²) in [6.45, 7) is 6.13. The van der Waals surface area contributed by atoms with Crippen LogP contribution in [-0.4, -0.2) is 37.1 Å². The van der Waals surface area contributed by atoms with Gasteiger partial charge in [0.2, 0.25) is 5.91 Å². The molecule has 2 rings (SSSR count). The number of ether oxygens (including phenoxy) is 1. The summed E-state index contributed by atoms with van der Waals surface area (Å²) in [4.78, 5) is 13.1. The second kappa shape index (κ2) is 6.75. The largest absolute Gasteiger partial charge is 0.382 e. The molecule has 1 heterocycles. The summed E-state index contributed by atoms with van der Waals surface area (Å²) in [7, 11) is 1.83. The Morgan fingerprint density at radius 1 is 1.50 bits per heavy atom. The van der Waals surface area contributed by atoms with Gasteiger partial charge < -0.3 is 15.0 Å². The maximum absolute atomic E-state index is 11.4. The van der Waals surface area contributed by atoms with Gasteiger partial charge in [-0.1, -0.05) is 18.2 Å². The predicted octanol–water partition coefficient (Wildman–Crippen LogP) is 2.50. The highest BCUT2D eigenvalue weighted by Gasteiger charge is 2.22. The molecule has 0 aromatic heterocycles. The van der Waals surface area contributed by atoms with Crippen LogP contribution in [0.25, 0.3) is 0 Å². The number of hydrogen-bond donors (Lipinski definition) is 1. The standard InChI is InChI=1S/C16H24N2O2/c1-12(15-8-9-20-11-15)17-16-7-5-4-6-14(16)10-18(3)13(2)19/h4-7,12,15,17H,8-11H2,1-3H3. The number of nitrogens with one attached hydrogen (secondary N) is 1. The first-order valence-electron chi connectivity index (χ1n) is 7.22. The fourth-order valence-corrected chi connectivity index (χ4v) is 2.48. The third-order valence-electron chi connectivity index (χ3n) is 4.02. The van der Waals surface area contributed by atoms with Crippen molar-refractivity contribution in [1.29, 1.82) is 0 Å². The Bertz CT molecular complexity index is 456. The van der Waals surface area contributed by atoms with Crippen LogP contribution in [0.3, 0.4) is 0 Å². The number of hydrogen-bond acceptors (Lipinski definition) is 3. The molecule has 1 aromatic rings. The number of amides is 1. The summed E-state index contributed by atoms with van der Waals surface area (Å²) in [5.74, 6) is 0.644. The van der Waals surface area contributed by atoms with E-state index in [1.165, 1.54) is 0 Å². The van der Waals surface area contributed by atoms with Crippen LogP contribution in [0, 0.1) is 5.92 Å². The normalized spacial score (nSPS) is 19.6. The van der Waals surface area contributed by atoms with Gasteiger partial charge in [0.1, 0.15) is 0 Å². The first kappa shape index (κ1) is 14.9. The lowest BCUT2D eigenvalue weighted by Gasteiger charge is -2.24. The van der Waals surface area contributed by atoms with Crippen LogP contribution in [0.5, 0.6) is 0 Å². The molecule has 1 N–H and O–H groups in total. The van der Waals surface area contributed by atoms with Crippen LogP contribution in [0.1, 0.15) is 25.8 Å². The first-order valence-corrected chi connectivity index (χ1v) is 7.22. The minimum Gasteiger partial charge on any atom is -0.382 e. The lowest BCUT2D eigenvalue weighted by molar-refractivity contribution is -0.128. The van der Waals surface area contributed by atoms with Crippen LogP contribution >= 0.6 is 0 Å². The van der Waals surface area contributed by atoms with E-state index < -0.39 is 0 Å². The molecule has 110 valence electrons. The number of anilines is 1. The van der Waals surface area contributed by atoms with E-state index in [-0.39, 0.29) is 5.91 Å². The third-order valence-corrected chi connectivity index (χ3v) is 4.02. The maximum Gasteiger partial charge on any atom is 0.219 e. The van der Waals surface area contributed by atoms with Crippen molar-refractivity contribution < 1.29 is 9.53 Å². The predicted molar refractivity (Wildman–Crippen MR) is 80.6 cm³/mol. The lowest BCUT2D eigenvalue weighted by Crippen LogP contribution is -2.28. The molecule has 20 heavy (non-hydrogen) atoms. The van der Waals surface area contributed by atoms with Gasteiger partial charge in [0, 0.05) is 44.8 Å². The number of benzene rings is 1. The van der Waals surface area contributed by atoms with Crippen LogP contribution in [-0.2, 0) is 16.1 Å². The topological polar surface area (TPSA) is 41.6 Å². The fourth-order valence-electron chi connectivity index (χ4n) is 2.48. The molecule has 1 fully saturated rings. The Morgan fingerprint density at radius 3 is 2.90 bits per heavy atom. The molecule has 0 saturated carbocycles. The number of para-hydroxylation sites is 1. The van der Waals surface area contributed by atoms with Gasteiger partial charge >= 0.3 is 0 Å². The first-order chi connectivity index (χ1) is 9.58. The molecule has 1 amide bonds. The average molecular weight is 276 g/mol. The summed E-state index contributed by atoms with van der Waals surface area (Å²) in [6.07, 6.45) is 1.11. The van der Waals surface area contributed by atoms with Gasteiger partial charge in [-0.15, -0.1) is 0 Å². The van der Waals surface area contributed by atoms with Crippen molar-refractivity contribution in [1.82, 2.24) is 4.90 Å². The van der Waals surface area contributed by atoms with Crippen LogP contribution < -0.4 is 5.32 Å². The van der Waals surface area contributed by atoms with Gasteiger partial charge in [-0.05, 0) is 25.0 Å². The van der Waals surface area contributed by atoms with Crippen molar-refractivity contribution in [3.8, 4) is 0 Å². The van der Waals surface area contributed by atoms with E-state index in [0.29, 0.717) is 18.5 Å². The summed E-state index contributed by atoms with van der Waals surface area (Å²) >= 11 is 0. The van der Waals surface area contributed by atoms with E-state index in [4.69, 9.17) is 4.74 Å². The van der Waals surface area contributed by atoms with Crippen molar-refractivity contribution >= 4 is 11.6 Å². The molecule has 1 aromatic carbocycles. The molecule has 1 aliphatic heterocycles. The lowest BCUT2D eigenvalue weighted by atomic mass is 10.00. The molecular formula is C16H24N2O2. The smallest absolute Gasteiger partial charge is 0.219 e. The second-order valence-corrected chi connectivity index (χ2v) is 5.59. The Labute approximate surface area is 121 Å². The highest BCUT2D eigenvalue weighted by molar-refractivity contribution is 5.73. The van der Waals surface area contributed by atoms with Gasteiger partial charge in [0.25, 0.3) is 0 Å². The zero-order valence-corrected chi connectivity index (χ0v) is 12.6.